The van der Waals surface area contributed by atoms with Gasteiger partial charge < -0.3 is 4.74 Å². The van der Waals surface area contributed by atoms with E-state index in [9.17, 15) is 16.8 Å². The minimum atomic E-state index is -3.92. The summed E-state index contributed by atoms with van der Waals surface area (Å²) in [5, 5.41) is 0.397. The van der Waals surface area contributed by atoms with Gasteiger partial charge in [-0.2, -0.15) is 4.31 Å². The zero-order valence-electron chi connectivity index (χ0n) is 13.4. The molecule has 0 saturated carbocycles. The van der Waals surface area contributed by atoms with E-state index in [1.54, 1.807) is 0 Å². The smallest absolute Gasteiger partial charge is 0.243 e. The number of sulfone groups is 1. The van der Waals surface area contributed by atoms with Crippen LogP contribution in [0.1, 0.15) is 19.3 Å². The number of sulfonamides is 1. The van der Waals surface area contributed by atoms with E-state index in [1.165, 1.54) is 22.5 Å². The van der Waals surface area contributed by atoms with Gasteiger partial charge in [0.05, 0.1) is 32.6 Å². The van der Waals surface area contributed by atoms with Gasteiger partial charge in [0.25, 0.3) is 0 Å². The van der Waals surface area contributed by atoms with Gasteiger partial charge in [-0.1, -0.05) is 23.2 Å². The number of hydrogen-bond acceptors (Lipinski definition) is 5. The Balaban J connectivity index is 1.95. The van der Waals surface area contributed by atoms with Crippen molar-refractivity contribution >= 4 is 43.1 Å². The Morgan fingerprint density at radius 3 is 2.52 bits per heavy atom. The molecule has 1 aromatic carbocycles. The largest absolute Gasteiger partial charge is 0.377 e. The zero-order valence-corrected chi connectivity index (χ0v) is 16.5. The predicted octanol–water partition coefficient (Wildman–Crippen LogP) is 2.35. The molecule has 2 aliphatic heterocycles. The molecule has 0 unspecified atom stereocenters. The third kappa shape index (κ3) is 4.31. The summed E-state index contributed by atoms with van der Waals surface area (Å²) in [6, 6.07) is 3.52. The Bertz CT molecular complexity index is 851. The first kappa shape index (κ1) is 19.4. The molecule has 0 aromatic heterocycles. The summed E-state index contributed by atoms with van der Waals surface area (Å²) < 4.78 is 56.9. The summed E-state index contributed by atoms with van der Waals surface area (Å²) in [6.45, 7) is 0.733. The van der Waals surface area contributed by atoms with Crippen molar-refractivity contribution in [1.29, 1.82) is 0 Å². The quantitative estimate of drug-likeness (QED) is 0.719. The molecule has 140 valence electrons. The van der Waals surface area contributed by atoms with E-state index < -0.39 is 25.9 Å². The Morgan fingerprint density at radius 1 is 1.20 bits per heavy atom. The minimum Gasteiger partial charge on any atom is -0.377 e. The van der Waals surface area contributed by atoms with Gasteiger partial charge in [-0.15, -0.1) is 0 Å². The van der Waals surface area contributed by atoms with Gasteiger partial charge in [0, 0.05) is 19.2 Å². The maximum atomic E-state index is 13.2. The molecule has 0 bridgehead atoms. The monoisotopic (exact) mass is 427 g/mol. The Morgan fingerprint density at radius 2 is 1.96 bits per heavy atom. The maximum absolute atomic E-state index is 13.2. The summed E-state index contributed by atoms with van der Waals surface area (Å²) in [5.74, 6) is -0.170. The van der Waals surface area contributed by atoms with Crippen molar-refractivity contribution in [3.05, 3.63) is 28.2 Å². The number of hydrogen-bond donors (Lipinski definition) is 0. The van der Waals surface area contributed by atoms with Crippen LogP contribution in [0, 0.1) is 0 Å². The highest BCUT2D eigenvalue weighted by Crippen LogP contribution is 2.30. The molecule has 2 fully saturated rings. The number of rotatable bonds is 5. The third-order valence-electron chi connectivity index (χ3n) is 4.52. The lowest BCUT2D eigenvalue weighted by atomic mass is 10.2. The van der Waals surface area contributed by atoms with Gasteiger partial charge in [0.1, 0.15) is 0 Å². The van der Waals surface area contributed by atoms with Crippen molar-refractivity contribution < 1.29 is 21.6 Å². The topological polar surface area (TPSA) is 80.8 Å². The van der Waals surface area contributed by atoms with Gasteiger partial charge >= 0.3 is 0 Å². The lowest BCUT2D eigenvalue weighted by Crippen LogP contribution is -2.45. The van der Waals surface area contributed by atoms with E-state index in [4.69, 9.17) is 27.9 Å². The molecule has 0 radical (unpaired) electrons. The molecule has 2 saturated heterocycles. The van der Waals surface area contributed by atoms with Crippen LogP contribution in [0.5, 0.6) is 0 Å². The van der Waals surface area contributed by atoms with Crippen LogP contribution in [0.3, 0.4) is 0 Å². The molecule has 0 amide bonds. The fourth-order valence-corrected chi connectivity index (χ4v) is 7.11. The van der Waals surface area contributed by atoms with E-state index in [0.717, 1.165) is 12.8 Å². The molecular weight excluding hydrogens is 409 g/mol. The highest BCUT2D eigenvalue weighted by atomic mass is 35.5. The standard InChI is InChI=1S/C15H19Cl2NO5S2/c16-14-4-3-13(8-15(14)17)25(21,22)18(9-12-2-1-6-23-12)11-5-7-24(19,20)10-11/h3-4,8,11-12H,1-2,5-7,9-10H2/t11-,12+/m1/s1. The van der Waals surface area contributed by atoms with Crippen molar-refractivity contribution in [3.63, 3.8) is 0 Å². The summed E-state index contributed by atoms with van der Waals surface area (Å²) in [7, 11) is -7.14. The van der Waals surface area contributed by atoms with E-state index in [2.05, 4.69) is 0 Å². The van der Waals surface area contributed by atoms with Crippen LogP contribution in [-0.4, -0.2) is 57.9 Å². The normalized spacial score (nSPS) is 26.4. The van der Waals surface area contributed by atoms with Crippen molar-refractivity contribution in [3.8, 4) is 0 Å². The van der Waals surface area contributed by atoms with Crippen molar-refractivity contribution in [2.45, 2.75) is 36.3 Å². The molecule has 6 nitrogen and oxygen atoms in total. The molecule has 0 aliphatic carbocycles. The lowest BCUT2D eigenvalue weighted by Gasteiger charge is -2.29. The average molecular weight is 428 g/mol. The molecule has 10 heteroatoms. The highest BCUT2D eigenvalue weighted by Gasteiger charge is 2.40. The molecule has 2 atom stereocenters. The second kappa shape index (κ2) is 7.32. The number of ether oxygens (including phenoxy) is 1. The summed E-state index contributed by atoms with van der Waals surface area (Å²) in [5.41, 5.74) is 0. The third-order valence-corrected chi connectivity index (χ3v) is 8.92. The van der Waals surface area contributed by atoms with Crippen molar-refractivity contribution in [1.82, 2.24) is 4.31 Å². The molecule has 3 rings (SSSR count). The van der Waals surface area contributed by atoms with Gasteiger partial charge in [0.15, 0.2) is 9.84 Å². The SMILES string of the molecule is O=S1(=O)CC[C@@H](N(C[C@@H]2CCCO2)S(=O)(=O)c2ccc(Cl)c(Cl)c2)C1. The first-order valence-corrected chi connectivity index (χ1v) is 12.0. The maximum Gasteiger partial charge on any atom is 0.243 e. The van der Waals surface area contributed by atoms with Crippen LogP contribution < -0.4 is 0 Å². The number of nitrogens with zero attached hydrogens (tertiary/aromatic N) is 1. The van der Waals surface area contributed by atoms with Crippen LogP contribution in [0.15, 0.2) is 23.1 Å². The number of halogens is 2. The van der Waals surface area contributed by atoms with Crippen LogP contribution >= 0.6 is 23.2 Å². The molecular formula is C15H19Cl2NO5S2. The van der Waals surface area contributed by atoms with Gasteiger partial charge in [-0.3, -0.25) is 0 Å². The van der Waals surface area contributed by atoms with Gasteiger partial charge in [0.2, 0.25) is 10.0 Å². The zero-order chi connectivity index (χ0) is 18.2. The molecule has 0 spiro atoms. The lowest BCUT2D eigenvalue weighted by molar-refractivity contribution is 0.0877. The highest BCUT2D eigenvalue weighted by molar-refractivity contribution is 7.92. The fourth-order valence-electron chi connectivity index (χ4n) is 3.21. The van der Waals surface area contributed by atoms with Crippen LogP contribution in [0.2, 0.25) is 10.0 Å². The van der Waals surface area contributed by atoms with Crippen LogP contribution in [0.4, 0.5) is 0 Å². The molecule has 2 aliphatic rings. The Hall–Kier alpha value is -0.380. The van der Waals surface area contributed by atoms with Gasteiger partial charge in [-0.25, -0.2) is 16.8 Å². The number of benzene rings is 1. The fraction of sp³-hybridized carbons (Fsp3) is 0.600. The van der Waals surface area contributed by atoms with E-state index in [-0.39, 0.29) is 45.5 Å². The molecule has 1 aromatic rings. The van der Waals surface area contributed by atoms with E-state index in [1.807, 2.05) is 0 Å². The van der Waals surface area contributed by atoms with Crippen LogP contribution in [-0.2, 0) is 24.6 Å². The van der Waals surface area contributed by atoms with Crippen LogP contribution in [0.25, 0.3) is 0 Å². The summed E-state index contributed by atoms with van der Waals surface area (Å²) in [4.78, 5) is 0.00388. The molecule has 0 N–H and O–H groups in total. The summed E-state index contributed by atoms with van der Waals surface area (Å²) in [6.07, 6.45) is 1.69. The van der Waals surface area contributed by atoms with Gasteiger partial charge in [-0.05, 0) is 37.5 Å². The molecule has 25 heavy (non-hydrogen) atoms. The second-order valence-corrected chi connectivity index (χ2v) is 11.3. The Kier molecular flexibility index (Phi) is 5.68. The first-order valence-electron chi connectivity index (χ1n) is 7.98. The summed E-state index contributed by atoms with van der Waals surface area (Å²) >= 11 is 11.8. The van der Waals surface area contributed by atoms with E-state index in [0.29, 0.717) is 6.61 Å². The average Bonchev–Trinajstić information content (AvgIpc) is 3.16. The first-order chi connectivity index (χ1) is 11.7. The predicted molar refractivity (Wildman–Crippen MR) is 96.4 cm³/mol. The Labute approximate surface area is 158 Å². The second-order valence-electron chi connectivity index (χ2n) is 6.34. The minimum absolute atomic E-state index is 0.00339. The van der Waals surface area contributed by atoms with Crippen molar-refractivity contribution in [2.75, 3.05) is 24.7 Å². The van der Waals surface area contributed by atoms with Crippen molar-refractivity contribution in [2.24, 2.45) is 0 Å². The van der Waals surface area contributed by atoms with E-state index >= 15 is 0 Å². The molecule has 2 heterocycles.